The highest BCUT2D eigenvalue weighted by atomic mass is 35.5. The van der Waals surface area contributed by atoms with E-state index in [4.69, 9.17) is 11.6 Å². The summed E-state index contributed by atoms with van der Waals surface area (Å²) in [5.74, 6) is 0.374. The molecule has 0 saturated heterocycles. The number of thioether (sulfide) groups is 1. The smallest absolute Gasteiger partial charge is 0.232 e. The summed E-state index contributed by atoms with van der Waals surface area (Å²) in [6, 6.07) is 5.36. The lowest BCUT2D eigenvalue weighted by atomic mass is 10.3. The average Bonchev–Trinajstić information content (AvgIpc) is 2.78. The zero-order chi connectivity index (χ0) is 13.9. The van der Waals surface area contributed by atoms with E-state index >= 15 is 0 Å². The van der Waals surface area contributed by atoms with Crippen LogP contribution in [0.1, 0.15) is 6.42 Å². The Labute approximate surface area is 125 Å². The quantitative estimate of drug-likeness (QED) is 0.649. The number of halogens is 1. The second kappa shape index (κ2) is 6.30. The molecule has 104 valence electrons. The molecule has 8 heteroatoms. The van der Waals surface area contributed by atoms with E-state index in [1.54, 1.807) is 29.2 Å². The summed E-state index contributed by atoms with van der Waals surface area (Å²) in [5.41, 5.74) is 1.46. The van der Waals surface area contributed by atoms with Gasteiger partial charge in [-0.2, -0.15) is 0 Å². The number of aromatic nitrogens is 1. The maximum atomic E-state index is 11.8. The SMILES string of the molecule is CSc1nc2ccc(NS(=O)(=O)CCCCl)cc2s1. The lowest BCUT2D eigenvalue weighted by Crippen LogP contribution is -2.16. The summed E-state index contributed by atoms with van der Waals surface area (Å²) in [4.78, 5) is 4.41. The van der Waals surface area contributed by atoms with Crippen molar-refractivity contribution in [2.24, 2.45) is 0 Å². The summed E-state index contributed by atoms with van der Waals surface area (Å²) < 4.78 is 28.0. The van der Waals surface area contributed by atoms with E-state index in [2.05, 4.69) is 9.71 Å². The van der Waals surface area contributed by atoms with E-state index in [0.717, 1.165) is 14.6 Å². The van der Waals surface area contributed by atoms with Crippen LogP contribution in [0.15, 0.2) is 22.5 Å². The number of anilines is 1. The molecule has 0 bridgehead atoms. The maximum Gasteiger partial charge on any atom is 0.232 e. The monoisotopic (exact) mass is 336 g/mol. The number of benzene rings is 1. The normalized spacial score (nSPS) is 11.9. The fraction of sp³-hybridized carbons (Fsp3) is 0.364. The number of fused-ring (bicyclic) bond motifs is 1. The minimum absolute atomic E-state index is 0.0350. The predicted molar refractivity (Wildman–Crippen MR) is 84.1 cm³/mol. The van der Waals surface area contributed by atoms with Crippen molar-refractivity contribution < 1.29 is 8.42 Å². The standard InChI is InChI=1S/C11H13ClN2O2S3/c1-17-11-13-9-4-3-8(7-10(9)18-11)14-19(15,16)6-2-5-12/h3-4,7,14H,2,5-6H2,1H3. The fourth-order valence-electron chi connectivity index (χ4n) is 1.53. The molecule has 2 rings (SSSR count). The third-order valence-corrected chi connectivity index (χ3v) is 6.01. The molecule has 0 atom stereocenters. The number of hydrogen-bond acceptors (Lipinski definition) is 5. The number of nitrogens with zero attached hydrogens (tertiary/aromatic N) is 1. The van der Waals surface area contributed by atoms with E-state index < -0.39 is 10.0 Å². The Hall–Kier alpha value is -0.500. The van der Waals surface area contributed by atoms with Crippen LogP contribution in [0, 0.1) is 0 Å². The molecular formula is C11H13ClN2O2S3. The van der Waals surface area contributed by atoms with Crippen LogP contribution in [-0.2, 0) is 10.0 Å². The summed E-state index contributed by atoms with van der Waals surface area (Å²) in [6.45, 7) is 0. The Morgan fingerprint density at radius 3 is 2.95 bits per heavy atom. The predicted octanol–water partition coefficient (Wildman–Crippen LogP) is 3.39. The van der Waals surface area contributed by atoms with Crippen molar-refractivity contribution in [3.8, 4) is 0 Å². The molecule has 4 nitrogen and oxygen atoms in total. The molecule has 0 radical (unpaired) electrons. The van der Waals surface area contributed by atoms with Crippen molar-refractivity contribution in [1.29, 1.82) is 0 Å². The van der Waals surface area contributed by atoms with E-state index in [1.165, 1.54) is 0 Å². The highest BCUT2D eigenvalue weighted by Gasteiger charge is 2.11. The molecule has 1 N–H and O–H groups in total. The van der Waals surface area contributed by atoms with Crippen molar-refractivity contribution in [1.82, 2.24) is 4.98 Å². The molecule has 0 spiro atoms. The molecule has 0 aliphatic carbocycles. The molecule has 19 heavy (non-hydrogen) atoms. The van der Waals surface area contributed by atoms with Gasteiger partial charge < -0.3 is 0 Å². The number of hydrogen-bond donors (Lipinski definition) is 1. The first-order valence-corrected chi connectivity index (χ1v) is 9.78. The molecule has 0 amide bonds. The van der Waals surface area contributed by atoms with Crippen LogP contribution in [-0.4, -0.2) is 31.3 Å². The number of alkyl halides is 1. The summed E-state index contributed by atoms with van der Waals surface area (Å²) in [5, 5.41) is 0. The first kappa shape index (κ1) is 14.9. The zero-order valence-corrected chi connectivity index (χ0v) is 13.4. The number of rotatable bonds is 6. The van der Waals surface area contributed by atoms with Gasteiger partial charge in [0.1, 0.15) is 0 Å². The average molecular weight is 337 g/mol. The van der Waals surface area contributed by atoms with Gasteiger partial charge in [0.05, 0.1) is 21.7 Å². The van der Waals surface area contributed by atoms with E-state index in [0.29, 0.717) is 18.0 Å². The van der Waals surface area contributed by atoms with Gasteiger partial charge in [0.2, 0.25) is 10.0 Å². The van der Waals surface area contributed by atoms with Gasteiger partial charge in [0, 0.05) is 5.88 Å². The molecule has 1 aromatic heterocycles. The van der Waals surface area contributed by atoms with Crippen molar-refractivity contribution in [2.45, 2.75) is 10.8 Å². The second-order valence-electron chi connectivity index (χ2n) is 3.83. The Balaban J connectivity index is 2.21. The Bertz CT molecular complexity index is 670. The van der Waals surface area contributed by atoms with Crippen LogP contribution in [0.3, 0.4) is 0 Å². The van der Waals surface area contributed by atoms with E-state index in [1.807, 2.05) is 18.4 Å². The third kappa shape index (κ3) is 3.98. The van der Waals surface area contributed by atoms with Gasteiger partial charge in [-0.15, -0.1) is 22.9 Å². The van der Waals surface area contributed by atoms with Crippen molar-refractivity contribution in [2.75, 3.05) is 22.6 Å². The van der Waals surface area contributed by atoms with E-state index in [-0.39, 0.29) is 5.75 Å². The summed E-state index contributed by atoms with van der Waals surface area (Å²) in [7, 11) is -3.32. The molecule has 1 heterocycles. The molecule has 0 aliphatic heterocycles. The van der Waals surface area contributed by atoms with Crippen LogP contribution in [0.25, 0.3) is 10.2 Å². The lowest BCUT2D eigenvalue weighted by molar-refractivity contribution is 0.600. The minimum Gasteiger partial charge on any atom is -0.284 e. The highest BCUT2D eigenvalue weighted by molar-refractivity contribution is 8.00. The number of sulfonamides is 1. The number of thiazole rings is 1. The molecule has 2 aromatic rings. The van der Waals surface area contributed by atoms with E-state index in [9.17, 15) is 8.42 Å². The summed E-state index contributed by atoms with van der Waals surface area (Å²) in [6.07, 6.45) is 2.41. The van der Waals surface area contributed by atoms with Gasteiger partial charge in [-0.1, -0.05) is 11.8 Å². The van der Waals surface area contributed by atoms with Crippen LogP contribution >= 0.6 is 34.7 Å². The molecule has 0 fully saturated rings. The Morgan fingerprint density at radius 1 is 1.47 bits per heavy atom. The van der Waals surface area contributed by atoms with Crippen molar-refractivity contribution in [3.05, 3.63) is 18.2 Å². The molecule has 1 aromatic carbocycles. The van der Waals surface area contributed by atoms with Crippen molar-refractivity contribution >= 4 is 60.6 Å². The molecule has 0 aliphatic rings. The topological polar surface area (TPSA) is 59.1 Å². The Morgan fingerprint density at radius 2 is 2.26 bits per heavy atom. The number of nitrogens with one attached hydrogen (secondary N) is 1. The Kier molecular flexibility index (Phi) is 4.94. The largest absolute Gasteiger partial charge is 0.284 e. The van der Waals surface area contributed by atoms with Crippen LogP contribution in [0.5, 0.6) is 0 Å². The second-order valence-corrected chi connectivity index (χ2v) is 8.13. The lowest BCUT2D eigenvalue weighted by Gasteiger charge is -2.06. The minimum atomic E-state index is -3.32. The molecule has 0 unspecified atom stereocenters. The van der Waals surface area contributed by atoms with Crippen LogP contribution in [0.4, 0.5) is 5.69 Å². The van der Waals surface area contributed by atoms with Gasteiger partial charge in [0.15, 0.2) is 4.34 Å². The first-order chi connectivity index (χ1) is 9.04. The van der Waals surface area contributed by atoms with Crippen LogP contribution in [0.2, 0.25) is 0 Å². The van der Waals surface area contributed by atoms with Gasteiger partial charge in [-0.3, -0.25) is 4.72 Å². The van der Waals surface area contributed by atoms with Gasteiger partial charge in [-0.05, 0) is 30.9 Å². The van der Waals surface area contributed by atoms with Gasteiger partial charge in [-0.25, -0.2) is 13.4 Å². The van der Waals surface area contributed by atoms with Gasteiger partial charge >= 0.3 is 0 Å². The maximum absolute atomic E-state index is 11.8. The first-order valence-electron chi connectivity index (χ1n) is 5.55. The van der Waals surface area contributed by atoms with Crippen molar-refractivity contribution in [3.63, 3.8) is 0 Å². The highest BCUT2D eigenvalue weighted by Crippen LogP contribution is 2.30. The third-order valence-electron chi connectivity index (χ3n) is 2.36. The molecule has 0 saturated carbocycles. The fourth-order valence-corrected chi connectivity index (χ4v) is 4.46. The van der Waals surface area contributed by atoms with Crippen LogP contribution < -0.4 is 4.72 Å². The van der Waals surface area contributed by atoms with Gasteiger partial charge in [0.25, 0.3) is 0 Å². The molecular weight excluding hydrogens is 324 g/mol. The summed E-state index contributed by atoms with van der Waals surface area (Å²) >= 11 is 8.64. The zero-order valence-electron chi connectivity index (χ0n) is 10.2.